The van der Waals surface area contributed by atoms with Crippen LogP contribution >= 0.6 is 0 Å². The molecule has 1 aliphatic heterocycles. The molecule has 0 aromatic carbocycles. The largest absolute Gasteiger partial charge is 0.465 e. The second-order valence-corrected chi connectivity index (χ2v) is 14.9. The van der Waals surface area contributed by atoms with Crippen molar-refractivity contribution in [1.29, 1.82) is 0 Å². The molecular formula is C35H69N5O9S. The predicted molar refractivity (Wildman–Crippen MR) is 195 cm³/mol. The third kappa shape index (κ3) is 20.2. The number of carbonyl (C=O) groups excluding carboxylic acids is 3. The average molecular weight is 736 g/mol. The van der Waals surface area contributed by atoms with Gasteiger partial charge in [0.2, 0.25) is 10.0 Å². The Morgan fingerprint density at radius 3 is 1.68 bits per heavy atom. The molecule has 2 unspecified atom stereocenters. The van der Waals surface area contributed by atoms with Gasteiger partial charge < -0.3 is 24.6 Å². The van der Waals surface area contributed by atoms with Crippen LogP contribution in [0.3, 0.4) is 0 Å². The first-order valence-electron chi connectivity index (χ1n) is 19.0. The van der Waals surface area contributed by atoms with E-state index in [1.807, 2.05) is 14.7 Å². The lowest BCUT2D eigenvalue weighted by atomic mass is 10.1. The van der Waals surface area contributed by atoms with Gasteiger partial charge >= 0.3 is 17.9 Å². The van der Waals surface area contributed by atoms with Crippen LogP contribution in [0.2, 0.25) is 0 Å². The molecule has 14 nitrogen and oxygen atoms in total. The molecule has 0 amide bonds. The summed E-state index contributed by atoms with van der Waals surface area (Å²) in [7, 11) is -3.77. The van der Waals surface area contributed by atoms with Crippen molar-refractivity contribution in [2.45, 2.75) is 111 Å². The third-order valence-corrected chi connectivity index (χ3v) is 10.1. The lowest BCUT2D eigenvalue weighted by molar-refractivity contribution is -0.147. The number of esters is 3. The summed E-state index contributed by atoms with van der Waals surface area (Å²) in [6.07, 6.45) is 11.1. The van der Waals surface area contributed by atoms with Crippen LogP contribution in [-0.4, -0.2) is 161 Å². The van der Waals surface area contributed by atoms with E-state index in [-0.39, 0.29) is 65.1 Å². The number of ether oxygens (including phenoxy) is 3. The van der Waals surface area contributed by atoms with Gasteiger partial charge in [-0.25, -0.2) is 8.42 Å². The molecule has 2 N–H and O–H groups in total. The van der Waals surface area contributed by atoms with Gasteiger partial charge in [-0.3, -0.25) is 29.1 Å². The number of hydrogen-bond acceptors (Lipinski definition) is 13. The Labute approximate surface area is 302 Å². The lowest BCUT2D eigenvalue weighted by Crippen LogP contribution is -2.63. The zero-order valence-corrected chi connectivity index (χ0v) is 32.6. The van der Waals surface area contributed by atoms with Gasteiger partial charge in [0.25, 0.3) is 0 Å². The molecule has 50 heavy (non-hydrogen) atoms. The number of aliphatic hydroxyl groups is 1. The molecule has 0 saturated carbocycles. The van der Waals surface area contributed by atoms with Gasteiger partial charge in [-0.1, -0.05) is 58.3 Å². The Hall–Kier alpha value is -1.88. The number of hydrogen-bond donors (Lipinski definition) is 2. The van der Waals surface area contributed by atoms with Crippen LogP contribution in [0.4, 0.5) is 0 Å². The highest BCUT2D eigenvalue weighted by Gasteiger charge is 2.38. The minimum Gasteiger partial charge on any atom is -0.465 e. The Morgan fingerprint density at radius 1 is 0.700 bits per heavy atom. The zero-order valence-electron chi connectivity index (χ0n) is 31.7. The van der Waals surface area contributed by atoms with Gasteiger partial charge in [-0.05, 0) is 40.0 Å². The van der Waals surface area contributed by atoms with Crippen LogP contribution in [-0.2, 0) is 38.6 Å². The highest BCUT2D eigenvalue weighted by Crippen LogP contribution is 2.21. The summed E-state index contributed by atoms with van der Waals surface area (Å²) in [5.41, 5.74) is 0. The molecule has 294 valence electrons. The van der Waals surface area contributed by atoms with Gasteiger partial charge in [0.05, 0.1) is 51.9 Å². The summed E-state index contributed by atoms with van der Waals surface area (Å²) in [5, 5.41) is 13.4. The predicted octanol–water partition coefficient (Wildman–Crippen LogP) is 2.44. The molecule has 0 bridgehead atoms. The third-order valence-electron chi connectivity index (χ3n) is 8.83. The quantitative estimate of drug-likeness (QED) is 0.0847. The van der Waals surface area contributed by atoms with E-state index in [2.05, 4.69) is 12.2 Å². The number of rotatable bonds is 24. The standard InChI is InChI=1S/C35H69N5O9S/c1-6-10-11-12-13-14-15-16-17-21-40(50(5,45)46)35-31(19-18-27-41)36-20-22-37(28-32(42)47-7-2)23-24-38(29-33(43)48-8-3)25-26-39(35)30-34(44)49-9-4/h31,35-36,41H,6-30H2,1-5H3. The lowest BCUT2D eigenvalue weighted by Gasteiger charge is -2.44. The molecule has 1 heterocycles. The number of aliphatic hydroxyl groups excluding tert-OH is 1. The minimum atomic E-state index is -3.77. The number of nitrogens with one attached hydrogen (secondary N) is 1. The van der Waals surface area contributed by atoms with E-state index in [4.69, 9.17) is 14.2 Å². The van der Waals surface area contributed by atoms with Crippen LogP contribution in [0.1, 0.15) is 98.3 Å². The fraction of sp³-hybridized carbons (Fsp3) is 0.914. The smallest absolute Gasteiger partial charge is 0.320 e. The van der Waals surface area contributed by atoms with Crippen molar-refractivity contribution in [3.05, 3.63) is 0 Å². The van der Waals surface area contributed by atoms with E-state index in [0.717, 1.165) is 19.3 Å². The van der Waals surface area contributed by atoms with Gasteiger partial charge in [0.15, 0.2) is 0 Å². The molecular weight excluding hydrogens is 666 g/mol. The summed E-state index contributed by atoms with van der Waals surface area (Å²) in [4.78, 5) is 43.9. The molecule has 1 saturated heterocycles. The van der Waals surface area contributed by atoms with Crippen molar-refractivity contribution < 1.29 is 42.1 Å². The summed E-state index contributed by atoms with van der Waals surface area (Å²) < 4.78 is 44.6. The van der Waals surface area contributed by atoms with Crippen LogP contribution < -0.4 is 5.32 Å². The van der Waals surface area contributed by atoms with Gasteiger partial charge in [0.1, 0.15) is 0 Å². The zero-order chi connectivity index (χ0) is 37.2. The maximum atomic E-state index is 13.6. The Balaban J connectivity index is 3.50. The first-order chi connectivity index (χ1) is 24.0. The Morgan fingerprint density at radius 2 is 1.18 bits per heavy atom. The second kappa shape index (κ2) is 27.7. The maximum absolute atomic E-state index is 13.6. The Bertz CT molecular complexity index is 1040. The number of carbonyl (C=O) groups is 3. The molecule has 0 aromatic rings. The highest BCUT2D eigenvalue weighted by molar-refractivity contribution is 7.88. The maximum Gasteiger partial charge on any atom is 0.320 e. The van der Waals surface area contributed by atoms with Crippen molar-refractivity contribution in [1.82, 2.24) is 24.3 Å². The monoisotopic (exact) mass is 735 g/mol. The number of unbranched alkanes of at least 4 members (excludes halogenated alkanes) is 8. The minimum absolute atomic E-state index is 0.000570. The molecule has 2 atom stereocenters. The molecule has 1 rings (SSSR count). The van der Waals surface area contributed by atoms with Crippen molar-refractivity contribution >= 4 is 27.9 Å². The SMILES string of the molecule is CCCCCCCCCCCN(C1C(CCCO)NCCN(CC(=O)OCC)CCN(CC(=O)OCC)CCN1CC(=O)OCC)S(C)(=O)=O. The second-order valence-electron chi connectivity index (χ2n) is 13.0. The summed E-state index contributed by atoms with van der Waals surface area (Å²) >= 11 is 0. The van der Waals surface area contributed by atoms with E-state index in [0.29, 0.717) is 52.0 Å². The van der Waals surface area contributed by atoms with E-state index >= 15 is 0 Å². The molecule has 1 fully saturated rings. The van der Waals surface area contributed by atoms with Crippen molar-refractivity contribution in [2.75, 3.05) is 98.1 Å². The van der Waals surface area contributed by atoms with E-state index in [1.54, 1.807) is 20.8 Å². The average Bonchev–Trinajstić information content (AvgIpc) is 3.05. The Kier molecular flexibility index (Phi) is 25.6. The normalized spacial score (nSPS) is 19.1. The van der Waals surface area contributed by atoms with Crippen LogP contribution in [0.25, 0.3) is 0 Å². The molecule has 15 heteroatoms. The van der Waals surface area contributed by atoms with Gasteiger partial charge in [-0.15, -0.1) is 0 Å². The number of sulfonamides is 1. The topological polar surface area (TPSA) is 158 Å². The van der Waals surface area contributed by atoms with E-state index < -0.39 is 34.2 Å². The summed E-state index contributed by atoms with van der Waals surface area (Å²) in [6.45, 7) is 10.6. The fourth-order valence-corrected chi connectivity index (χ4v) is 7.47. The van der Waals surface area contributed by atoms with Crippen LogP contribution in [0.5, 0.6) is 0 Å². The van der Waals surface area contributed by atoms with E-state index in [9.17, 15) is 27.9 Å². The first-order valence-corrected chi connectivity index (χ1v) is 20.8. The molecule has 0 radical (unpaired) electrons. The molecule has 1 aliphatic rings. The van der Waals surface area contributed by atoms with Gasteiger partial charge in [-0.2, -0.15) is 4.31 Å². The van der Waals surface area contributed by atoms with Crippen LogP contribution in [0, 0.1) is 0 Å². The van der Waals surface area contributed by atoms with Crippen molar-refractivity contribution in [3.8, 4) is 0 Å². The van der Waals surface area contributed by atoms with Crippen LogP contribution in [0.15, 0.2) is 0 Å². The van der Waals surface area contributed by atoms with E-state index in [1.165, 1.54) is 42.7 Å². The van der Waals surface area contributed by atoms with Gasteiger partial charge in [0, 0.05) is 58.5 Å². The first kappa shape index (κ1) is 46.1. The summed E-state index contributed by atoms with van der Waals surface area (Å²) in [6, 6.07) is -0.466. The number of nitrogens with zero attached hydrogens (tertiary/aromatic N) is 4. The molecule has 0 spiro atoms. The van der Waals surface area contributed by atoms with Crippen molar-refractivity contribution in [2.24, 2.45) is 0 Å². The molecule has 0 aliphatic carbocycles. The fourth-order valence-electron chi connectivity index (χ4n) is 6.33. The molecule has 0 aromatic heterocycles. The van der Waals surface area contributed by atoms with Crippen molar-refractivity contribution in [3.63, 3.8) is 0 Å². The highest BCUT2D eigenvalue weighted by atomic mass is 32.2. The summed E-state index contributed by atoms with van der Waals surface area (Å²) in [5.74, 6) is -1.22.